The summed E-state index contributed by atoms with van der Waals surface area (Å²) < 4.78 is 5.48. The summed E-state index contributed by atoms with van der Waals surface area (Å²) in [7, 11) is 0. The van der Waals surface area contributed by atoms with Gasteiger partial charge in [0, 0.05) is 22.4 Å². The lowest BCUT2D eigenvalue weighted by Crippen LogP contribution is -2.16. The lowest BCUT2D eigenvalue weighted by molar-refractivity contribution is 0.422. The zero-order chi connectivity index (χ0) is 15.0. The monoisotopic (exact) mass is 321 g/mol. The molecule has 0 saturated carbocycles. The molecule has 2 aromatic rings. The number of benzene rings is 1. The Morgan fingerprint density at radius 3 is 2.76 bits per heavy atom. The average Bonchev–Trinajstić information content (AvgIpc) is 2.92. The van der Waals surface area contributed by atoms with Gasteiger partial charge in [0.05, 0.1) is 10.8 Å². The predicted octanol–water partition coefficient (Wildman–Crippen LogP) is 3.85. The number of aromatic nitrogens is 2. The van der Waals surface area contributed by atoms with E-state index in [9.17, 15) is 0 Å². The Kier molecular flexibility index (Phi) is 4.17. The summed E-state index contributed by atoms with van der Waals surface area (Å²) in [5, 5.41) is 5.00. The molecular weight excluding hydrogens is 302 g/mol. The van der Waals surface area contributed by atoms with Crippen LogP contribution in [0.1, 0.15) is 29.1 Å². The second-order valence-corrected chi connectivity index (χ2v) is 8.10. The summed E-state index contributed by atoms with van der Waals surface area (Å²) in [6.07, 6.45) is 0. The number of nitrogen functional groups attached to an aromatic ring is 1. The van der Waals surface area contributed by atoms with E-state index in [2.05, 4.69) is 23.1 Å². The highest BCUT2D eigenvalue weighted by Gasteiger charge is 2.29. The molecule has 6 heteroatoms. The van der Waals surface area contributed by atoms with Gasteiger partial charge in [0.2, 0.25) is 0 Å². The van der Waals surface area contributed by atoms with Gasteiger partial charge in [0.1, 0.15) is 0 Å². The Labute approximate surface area is 133 Å². The van der Waals surface area contributed by atoms with Gasteiger partial charge in [-0.05, 0) is 31.0 Å². The fraction of sp³-hybridized carbons (Fsp3) is 0.467. The molecule has 2 N–H and O–H groups in total. The molecule has 0 aliphatic carbocycles. The van der Waals surface area contributed by atoms with Gasteiger partial charge >= 0.3 is 0 Å². The van der Waals surface area contributed by atoms with Crippen LogP contribution in [0.4, 0.5) is 5.69 Å². The molecule has 1 fully saturated rings. The molecule has 3 rings (SSSR count). The molecule has 112 valence electrons. The van der Waals surface area contributed by atoms with Crippen LogP contribution in [0.3, 0.4) is 0 Å². The summed E-state index contributed by atoms with van der Waals surface area (Å²) in [5.74, 6) is 3.64. The molecule has 1 aromatic heterocycles. The lowest BCUT2D eigenvalue weighted by atomic mass is 10.0. The van der Waals surface area contributed by atoms with E-state index >= 15 is 0 Å². The normalized spacial score (nSPS) is 22.4. The van der Waals surface area contributed by atoms with Crippen LogP contribution in [0.25, 0.3) is 11.5 Å². The van der Waals surface area contributed by atoms with E-state index in [1.54, 1.807) is 0 Å². The molecule has 0 amide bonds. The predicted molar refractivity (Wildman–Crippen MR) is 90.7 cm³/mol. The van der Waals surface area contributed by atoms with Crippen LogP contribution in [-0.2, 0) is 0 Å². The van der Waals surface area contributed by atoms with E-state index in [4.69, 9.17) is 10.3 Å². The summed E-state index contributed by atoms with van der Waals surface area (Å²) in [5.41, 5.74) is 9.91. The number of anilines is 1. The topological polar surface area (TPSA) is 64.9 Å². The van der Waals surface area contributed by atoms with Crippen molar-refractivity contribution in [1.29, 1.82) is 0 Å². The molecule has 21 heavy (non-hydrogen) atoms. The Bertz CT molecular complexity index is 656. The van der Waals surface area contributed by atoms with Crippen LogP contribution in [0.2, 0.25) is 0 Å². The Balaban J connectivity index is 1.95. The van der Waals surface area contributed by atoms with Crippen molar-refractivity contribution in [3.8, 4) is 11.5 Å². The third-order valence-electron chi connectivity index (χ3n) is 3.65. The maximum Gasteiger partial charge on any atom is 0.260 e. The van der Waals surface area contributed by atoms with Gasteiger partial charge in [-0.25, -0.2) is 0 Å². The first kappa shape index (κ1) is 14.8. The highest BCUT2D eigenvalue weighted by atomic mass is 32.2. The van der Waals surface area contributed by atoms with Gasteiger partial charge in [-0.3, -0.25) is 0 Å². The molecule has 1 aliphatic heterocycles. The fourth-order valence-corrected chi connectivity index (χ4v) is 5.21. The van der Waals surface area contributed by atoms with E-state index < -0.39 is 0 Å². The second-order valence-electron chi connectivity index (χ2n) is 5.37. The quantitative estimate of drug-likeness (QED) is 0.848. The number of hydrogen-bond donors (Lipinski definition) is 1. The van der Waals surface area contributed by atoms with Gasteiger partial charge in [-0.2, -0.15) is 16.7 Å². The van der Waals surface area contributed by atoms with Gasteiger partial charge in [-0.15, -0.1) is 11.8 Å². The van der Waals surface area contributed by atoms with E-state index in [1.165, 1.54) is 5.75 Å². The summed E-state index contributed by atoms with van der Waals surface area (Å²) in [4.78, 5) is 4.61. The SMILES string of the molecule is Cc1cc(C)c(N)c(-c2nc(C3SCCSC3C)no2)c1. The van der Waals surface area contributed by atoms with Crippen molar-refractivity contribution in [2.24, 2.45) is 0 Å². The van der Waals surface area contributed by atoms with Crippen LogP contribution in [0.15, 0.2) is 16.7 Å². The number of aryl methyl sites for hydroxylation is 2. The summed E-state index contributed by atoms with van der Waals surface area (Å²) in [6.45, 7) is 6.27. The van der Waals surface area contributed by atoms with Crippen molar-refractivity contribution in [2.75, 3.05) is 17.2 Å². The van der Waals surface area contributed by atoms with Crippen molar-refractivity contribution in [3.63, 3.8) is 0 Å². The first-order valence-corrected chi connectivity index (χ1v) is 9.10. The van der Waals surface area contributed by atoms with E-state index in [1.807, 2.05) is 43.4 Å². The zero-order valence-electron chi connectivity index (χ0n) is 12.4. The number of hydrogen-bond acceptors (Lipinski definition) is 6. The molecule has 2 heterocycles. The molecule has 4 nitrogen and oxygen atoms in total. The van der Waals surface area contributed by atoms with E-state index in [0.29, 0.717) is 16.4 Å². The number of nitrogens with two attached hydrogens (primary N) is 1. The Hall–Kier alpha value is -1.14. The van der Waals surface area contributed by atoms with Gasteiger partial charge < -0.3 is 10.3 Å². The maximum atomic E-state index is 6.16. The molecule has 0 spiro atoms. The molecule has 1 aromatic carbocycles. The van der Waals surface area contributed by atoms with Crippen molar-refractivity contribution in [2.45, 2.75) is 31.3 Å². The average molecular weight is 321 g/mol. The van der Waals surface area contributed by atoms with Gasteiger partial charge in [-0.1, -0.05) is 18.1 Å². The molecular formula is C15H19N3OS2. The van der Waals surface area contributed by atoms with E-state index in [-0.39, 0.29) is 0 Å². The minimum Gasteiger partial charge on any atom is -0.398 e. The molecule has 2 atom stereocenters. The van der Waals surface area contributed by atoms with Crippen molar-refractivity contribution >= 4 is 29.2 Å². The minimum atomic E-state index is 0.299. The van der Waals surface area contributed by atoms with Gasteiger partial charge in [0.15, 0.2) is 5.82 Å². The van der Waals surface area contributed by atoms with E-state index in [0.717, 1.165) is 34.0 Å². The largest absolute Gasteiger partial charge is 0.398 e. The highest BCUT2D eigenvalue weighted by molar-refractivity contribution is 8.06. The maximum absolute atomic E-state index is 6.16. The first-order valence-electron chi connectivity index (χ1n) is 7.00. The van der Waals surface area contributed by atoms with Crippen LogP contribution in [0.5, 0.6) is 0 Å². The number of thioether (sulfide) groups is 2. The first-order chi connectivity index (χ1) is 10.1. The standard InChI is InChI=1S/C15H19N3OS2/c1-8-6-9(2)12(16)11(7-8)15-17-14(18-19-15)13-10(3)20-4-5-21-13/h6-7,10,13H,4-5,16H2,1-3H3. The van der Waals surface area contributed by atoms with Crippen molar-refractivity contribution in [1.82, 2.24) is 10.1 Å². The summed E-state index contributed by atoms with van der Waals surface area (Å²) in [6, 6.07) is 4.07. The minimum absolute atomic E-state index is 0.299. The van der Waals surface area contributed by atoms with Gasteiger partial charge in [0.25, 0.3) is 5.89 Å². The number of nitrogens with zero attached hydrogens (tertiary/aromatic N) is 2. The zero-order valence-corrected chi connectivity index (χ0v) is 14.1. The molecule has 0 bridgehead atoms. The third kappa shape index (κ3) is 2.92. The van der Waals surface area contributed by atoms with Crippen LogP contribution < -0.4 is 5.73 Å². The fourth-order valence-electron chi connectivity index (χ4n) is 2.53. The number of rotatable bonds is 2. The summed E-state index contributed by atoms with van der Waals surface area (Å²) >= 11 is 3.87. The third-order valence-corrected chi connectivity index (χ3v) is 6.73. The lowest BCUT2D eigenvalue weighted by Gasteiger charge is -2.24. The molecule has 1 saturated heterocycles. The Morgan fingerprint density at radius 2 is 2.00 bits per heavy atom. The van der Waals surface area contributed by atoms with Crippen LogP contribution >= 0.6 is 23.5 Å². The Morgan fingerprint density at radius 1 is 1.24 bits per heavy atom. The van der Waals surface area contributed by atoms with Crippen molar-refractivity contribution < 1.29 is 4.52 Å². The second kappa shape index (κ2) is 5.93. The van der Waals surface area contributed by atoms with Crippen LogP contribution in [0, 0.1) is 13.8 Å². The molecule has 1 aliphatic rings. The van der Waals surface area contributed by atoms with Crippen molar-refractivity contribution in [3.05, 3.63) is 29.1 Å². The molecule has 0 radical (unpaired) electrons. The highest BCUT2D eigenvalue weighted by Crippen LogP contribution is 2.42. The van der Waals surface area contributed by atoms with Crippen LogP contribution in [-0.4, -0.2) is 26.9 Å². The smallest absolute Gasteiger partial charge is 0.260 e. The molecule has 2 unspecified atom stereocenters.